The van der Waals surface area contributed by atoms with Gasteiger partial charge in [-0.2, -0.15) is 26.3 Å². The van der Waals surface area contributed by atoms with Crippen LogP contribution in [0.3, 0.4) is 0 Å². The molecule has 11 heteroatoms. The van der Waals surface area contributed by atoms with Crippen molar-refractivity contribution in [2.45, 2.75) is 18.5 Å². The van der Waals surface area contributed by atoms with E-state index < -0.39 is 24.8 Å². The van der Waals surface area contributed by atoms with Crippen molar-refractivity contribution in [3.05, 3.63) is 0 Å². The van der Waals surface area contributed by atoms with Gasteiger partial charge >= 0.3 is 18.7 Å². The van der Waals surface area contributed by atoms with E-state index in [9.17, 15) is 26.3 Å². The fourth-order valence-electron chi connectivity index (χ4n) is 0.722. The molecule has 0 saturated heterocycles. The predicted molar refractivity (Wildman–Crippen MR) is 39.6 cm³/mol. The number of nitriles is 3. The van der Waals surface area contributed by atoms with Gasteiger partial charge in [0, 0.05) is 0 Å². The molecule has 0 spiro atoms. The zero-order chi connectivity index (χ0) is 13.9. The Morgan fingerprint density at radius 3 is 1.29 bits per heavy atom. The minimum Gasteiger partial charge on any atom is -0.541 e. The van der Waals surface area contributed by atoms with Gasteiger partial charge in [0.1, 0.15) is 0 Å². The lowest BCUT2D eigenvalue weighted by molar-refractivity contribution is -0.301. The molecule has 0 fully saturated rings. The summed E-state index contributed by atoms with van der Waals surface area (Å²) < 4.78 is 75.3. The van der Waals surface area contributed by atoms with E-state index in [4.69, 9.17) is 15.8 Å². The second kappa shape index (κ2) is 4.52. The van der Waals surface area contributed by atoms with Crippen LogP contribution >= 0.6 is 0 Å². The van der Waals surface area contributed by atoms with E-state index in [0.717, 1.165) is 0 Å². The molecule has 0 bridgehead atoms. The lowest BCUT2D eigenvalue weighted by atomic mass is 9.44. The molecule has 0 aliphatic heterocycles. The van der Waals surface area contributed by atoms with Gasteiger partial charge < -0.3 is 4.65 Å². The first-order chi connectivity index (χ1) is 7.52. The van der Waals surface area contributed by atoms with Gasteiger partial charge in [-0.25, -0.2) is 15.8 Å². The summed E-state index contributed by atoms with van der Waals surface area (Å²) in [7, 11) is 0. The Morgan fingerprint density at radius 2 is 1.12 bits per heavy atom. The fourth-order valence-corrected chi connectivity index (χ4v) is 0.722. The van der Waals surface area contributed by atoms with Crippen LogP contribution in [-0.4, -0.2) is 24.8 Å². The van der Waals surface area contributed by atoms with Crippen LogP contribution in [0.25, 0.3) is 0 Å². The SMILES string of the molecule is N#C[B-](C#N)(C#N)OC(C(F)(F)F)C(F)(F)F. The second-order valence-electron chi connectivity index (χ2n) is 2.77. The minimum absolute atomic E-state index is 0.708. The van der Waals surface area contributed by atoms with Crippen molar-refractivity contribution in [1.29, 1.82) is 15.8 Å². The number of alkyl halides is 6. The van der Waals surface area contributed by atoms with Gasteiger partial charge in [-0.05, 0) is 0 Å². The van der Waals surface area contributed by atoms with E-state index in [0.29, 0.717) is 17.9 Å². The summed E-state index contributed by atoms with van der Waals surface area (Å²) in [5, 5.41) is 24.7. The Balaban J connectivity index is 5.41. The number of rotatable bonds is 2. The van der Waals surface area contributed by atoms with Crippen molar-refractivity contribution in [1.82, 2.24) is 0 Å². The Labute approximate surface area is 90.5 Å². The minimum atomic E-state index is -5.88. The summed E-state index contributed by atoms with van der Waals surface area (Å²) in [6.07, 6.45) is -20.3. The Morgan fingerprint density at radius 1 is 0.824 bits per heavy atom. The third-order valence-electron chi connectivity index (χ3n) is 1.48. The standard InChI is InChI=1S/C6HBF6N3O/c8-5(9,10)4(6(11,12)13)17-7(1-14,2-15)3-16/h4H/q-1. The Kier molecular flexibility index (Phi) is 4.01. The van der Waals surface area contributed by atoms with Gasteiger partial charge in [-0.1, -0.05) is 17.9 Å². The average molecular weight is 256 g/mol. The van der Waals surface area contributed by atoms with Gasteiger partial charge in [0.25, 0.3) is 0 Å². The molecule has 0 saturated carbocycles. The third kappa shape index (κ3) is 3.54. The van der Waals surface area contributed by atoms with Gasteiger partial charge in [0.05, 0.1) is 0 Å². The van der Waals surface area contributed by atoms with Crippen LogP contribution < -0.4 is 0 Å². The first kappa shape index (κ1) is 15.1. The van der Waals surface area contributed by atoms with E-state index >= 15 is 0 Å². The molecule has 0 aliphatic carbocycles. The summed E-state index contributed by atoms with van der Waals surface area (Å²) in [5.74, 6) is 2.12. The van der Waals surface area contributed by atoms with E-state index in [2.05, 4.69) is 4.65 Å². The topological polar surface area (TPSA) is 80.6 Å². The number of nitrogens with zero attached hydrogens (tertiary/aromatic N) is 3. The van der Waals surface area contributed by atoms with Crippen molar-refractivity contribution < 1.29 is 31.0 Å². The van der Waals surface area contributed by atoms with Gasteiger partial charge in [-0.15, -0.1) is 0 Å². The van der Waals surface area contributed by atoms with Crippen LogP contribution in [0.4, 0.5) is 26.3 Å². The molecule has 0 aromatic rings. The summed E-state index contributed by atoms with van der Waals surface area (Å²) >= 11 is 0. The lowest BCUT2D eigenvalue weighted by Crippen LogP contribution is -2.52. The monoisotopic (exact) mass is 256 g/mol. The molecule has 0 heterocycles. The van der Waals surface area contributed by atoms with E-state index in [1.54, 1.807) is 0 Å². The smallest absolute Gasteiger partial charge is 0.419 e. The first-order valence-corrected chi connectivity index (χ1v) is 3.72. The molecule has 4 nitrogen and oxygen atoms in total. The predicted octanol–water partition coefficient (Wildman–Crippen LogP) is 1.63. The quantitative estimate of drug-likeness (QED) is 0.555. The largest absolute Gasteiger partial charge is 0.541 e. The highest BCUT2D eigenvalue weighted by atomic mass is 19.4. The van der Waals surface area contributed by atoms with Crippen molar-refractivity contribution in [3.8, 4) is 17.9 Å². The second-order valence-corrected chi connectivity index (χ2v) is 2.77. The van der Waals surface area contributed by atoms with Crippen LogP contribution in [0.5, 0.6) is 0 Å². The molecule has 0 unspecified atom stereocenters. The Bertz CT molecular complexity index is 360. The highest BCUT2D eigenvalue weighted by Gasteiger charge is 2.58. The number of halogens is 6. The molecule has 0 rings (SSSR count). The third-order valence-corrected chi connectivity index (χ3v) is 1.48. The van der Waals surface area contributed by atoms with Crippen LogP contribution in [0, 0.1) is 33.7 Å². The van der Waals surface area contributed by atoms with Gasteiger partial charge in [-0.3, -0.25) is 0 Å². The van der Waals surface area contributed by atoms with Gasteiger partial charge in [0.2, 0.25) is 6.10 Å². The number of hydrogen-bond donors (Lipinski definition) is 0. The van der Waals surface area contributed by atoms with E-state index in [1.165, 1.54) is 0 Å². The van der Waals surface area contributed by atoms with Gasteiger partial charge in [0.15, 0.2) is 0 Å². The maximum atomic E-state index is 12.0. The average Bonchev–Trinajstić information content (AvgIpc) is 2.17. The van der Waals surface area contributed by atoms with Crippen LogP contribution in [0.1, 0.15) is 0 Å². The molecular formula is C6HBF6N3O-. The normalized spacial score (nSPS) is 12.7. The molecular weight excluding hydrogens is 255 g/mol. The fraction of sp³-hybridized carbons (Fsp3) is 0.500. The molecule has 0 atom stereocenters. The lowest BCUT2D eigenvalue weighted by Gasteiger charge is -2.31. The summed E-state index contributed by atoms with van der Waals surface area (Å²) in [6.45, 7) is 0. The van der Waals surface area contributed by atoms with Crippen molar-refractivity contribution in [3.63, 3.8) is 0 Å². The number of hydrogen-bond acceptors (Lipinski definition) is 4. The zero-order valence-corrected chi connectivity index (χ0v) is 7.67. The summed E-state index contributed by atoms with van der Waals surface area (Å²) in [5.41, 5.74) is 0. The zero-order valence-electron chi connectivity index (χ0n) is 7.67. The van der Waals surface area contributed by atoms with Crippen molar-refractivity contribution in [2.24, 2.45) is 0 Å². The van der Waals surface area contributed by atoms with Crippen molar-refractivity contribution >= 4 is 6.35 Å². The molecule has 92 valence electrons. The van der Waals surface area contributed by atoms with Crippen LogP contribution in [-0.2, 0) is 4.65 Å². The molecule has 0 aromatic heterocycles. The maximum absolute atomic E-state index is 12.0. The van der Waals surface area contributed by atoms with E-state index in [1.807, 2.05) is 0 Å². The van der Waals surface area contributed by atoms with Crippen molar-refractivity contribution in [2.75, 3.05) is 0 Å². The molecule has 0 amide bonds. The maximum Gasteiger partial charge on any atom is 0.419 e. The molecule has 0 N–H and O–H groups in total. The first-order valence-electron chi connectivity index (χ1n) is 3.72. The molecule has 0 radical (unpaired) electrons. The van der Waals surface area contributed by atoms with E-state index in [-0.39, 0.29) is 0 Å². The summed E-state index contributed by atoms with van der Waals surface area (Å²) in [6, 6.07) is 0. The molecule has 0 aliphatic rings. The Hall–Kier alpha value is -1.93. The molecule has 0 aromatic carbocycles. The highest BCUT2D eigenvalue weighted by Crippen LogP contribution is 2.37. The molecule has 17 heavy (non-hydrogen) atoms. The van der Waals surface area contributed by atoms with Crippen LogP contribution in [0.2, 0.25) is 0 Å². The summed E-state index contributed by atoms with van der Waals surface area (Å²) in [4.78, 5) is 0. The van der Waals surface area contributed by atoms with Crippen LogP contribution in [0.15, 0.2) is 0 Å². The highest BCUT2D eigenvalue weighted by molar-refractivity contribution is 6.94.